The molecule has 2 aliphatic carbocycles. The first kappa shape index (κ1) is 24.4. The van der Waals surface area contributed by atoms with Crippen LogP contribution in [0.25, 0.3) is 11.1 Å². The first-order valence-corrected chi connectivity index (χ1v) is 10.9. The Labute approximate surface area is 192 Å². The molecule has 0 N–H and O–H groups in total. The summed E-state index contributed by atoms with van der Waals surface area (Å²) in [7, 11) is 1.27. The fourth-order valence-electron chi connectivity index (χ4n) is 4.28. The zero-order chi connectivity index (χ0) is 23.5. The predicted molar refractivity (Wildman–Crippen MR) is 122 cm³/mol. The molecule has 0 aromatic heterocycles. The first-order chi connectivity index (χ1) is 15.3. The van der Waals surface area contributed by atoms with Crippen LogP contribution in [0.1, 0.15) is 25.0 Å². The summed E-state index contributed by atoms with van der Waals surface area (Å²) < 4.78 is 43.2. The second-order valence-electron chi connectivity index (χ2n) is 9.03. The van der Waals surface area contributed by atoms with Gasteiger partial charge in [0.05, 0.1) is 18.4 Å². The Hall–Kier alpha value is -2.27. The van der Waals surface area contributed by atoms with E-state index in [4.69, 9.17) is 11.6 Å². The van der Waals surface area contributed by atoms with Gasteiger partial charge in [-0.3, -0.25) is 4.79 Å². The topological polar surface area (TPSA) is 26.3 Å². The van der Waals surface area contributed by atoms with Gasteiger partial charge in [-0.05, 0) is 40.0 Å². The first-order valence-electron chi connectivity index (χ1n) is 10.6. The van der Waals surface area contributed by atoms with Crippen LogP contribution in [0, 0.1) is 22.7 Å². The molecule has 1 saturated carbocycles. The van der Waals surface area contributed by atoms with E-state index in [9.17, 15) is 18.0 Å². The van der Waals surface area contributed by atoms with Crippen LogP contribution in [0.3, 0.4) is 0 Å². The summed E-state index contributed by atoms with van der Waals surface area (Å²) in [6.07, 6.45) is 2.49. The predicted octanol–water partition coefficient (Wildman–Crippen LogP) is 6.71. The molecule has 0 aliphatic heterocycles. The van der Waals surface area contributed by atoms with Crippen LogP contribution in [0.15, 0.2) is 59.6 Å². The summed E-state index contributed by atoms with van der Waals surface area (Å²) in [5.41, 5.74) is 3.42. The maximum absolute atomic E-state index is 12.9. The van der Waals surface area contributed by atoms with Crippen molar-refractivity contribution in [2.75, 3.05) is 27.1 Å². The zero-order valence-corrected chi connectivity index (χ0v) is 19.3. The number of methoxy groups -OCH3 is 1. The standard InChI is InChI=1S/C13H18ClF3O2.C13H10/c1-12(2)8(10(12)11(18)19-3)4-9(14)13(5-15,6-16)7-17;1-3-7-12-10(5-1)9-11-6-2-4-8-13(11)12/h4,8,10H,5-7H2,1-3H3;1-8H,9H2/t8-,10-;/m1./s1. The molecule has 0 spiro atoms. The van der Waals surface area contributed by atoms with E-state index in [0.717, 1.165) is 6.42 Å². The quantitative estimate of drug-likeness (QED) is 0.379. The molecule has 2 aromatic rings. The Morgan fingerprint density at radius 1 is 1.03 bits per heavy atom. The van der Waals surface area contributed by atoms with Crippen LogP contribution in [0.2, 0.25) is 0 Å². The van der Waals surface area contributed by atoms with Gasteiger partial charge in [0.2, 0.25) is 0 Å². The Balaban J connectivity index is 0.000000191. The molecule has 2 atom stereocenters. The third-order valence-corrected chi connectivity index (χ3v) is 7.20. The van der Waals surface area contributed by atoms with Crippen molar-refractivity contribution in [1.82, 2.24) is 0 Å². The van der Waals surface area contributed by atoms with E-state index in [0.29, 0.717) is 0 Å². The number of benzene rings is 2. The van der Waals surface area contributed by atoms with Crippen molar-refractivity contribution in [2.24, 2.45) is 22.7 Å². The van der Waals surface area contributed by atoms with E-state index >= 15 is 0 Å². The Bertz CT molecular complexity index is 946. The smallest absolute Gasteiger partial charge is 0.309 e. The maximum Gasteiger partial charge on any atom is 0.309 e. The normalized spacial score (nSPS) is 20.5. The van der Waals surface area contributed by atoms with E-state index in [2.05, 4.69) is 53.3 Å². The highest BCUT2D eigenvalue weighted by atomic mass is 35.5. The molecule has 0 heterocycles. The van der Waals surface area contributed by atoms with Gasteiger partial charge in [-0.15, -0.1) is 0 Å². The van der Waals surface area contributed by atoms with Crippen molar-refractivity contribution in [3.63, 3.8) is 0 Å². The van der Waals surface area contributed by atoms with Crippen LogP contribution in [-0.2, 0) is 16.0 Å². The summed E-state index contributed by atoms with van der Waals surface area (Å²) in [5, 5.41) is -0.204. The van der Waals surface area contributed by atoms with Gasteiger partial charge in [0.15, 0.2) is 0 Å². The number of carbonyl (C=O) groups is 1. The summed E-state index contributed by atoms with van der Waals surface area (Å²) in [6, 6.07) is 17.3. The fraction of sp³-hybridized carbons (Fsp3) is 0.423. The molecular weight excluding hydrogens is 437 g/mol. The molecule has 32 heavy (non-hydrogen) atoms. The third kappa shape index (κ3) is 4.45. The van der Waals surface area contributed by atoms with Gasteiger partial charge in [0, 0.05) is 5.03 Å². The molecule has 4 rings (SSSR count). The number of rotatable bonds is 6. The van der Waals surface area contributed by atoms with E-state index in [1.165, 1.54) is 35.4 Å². The Morgan fingerprint density at radius 2 is 1.50 bits per heavy atom. The zero-order valence-electron chi connectivity index (χ0n) is 18.5. The highest BCUT2D eigenvalue weighted by molar-refractivity contribution is 6.30. The van der Waals surface area contributed by atoms with Gasteiger partial charge in [-0.25, -0.2) is 13.2 Å². The summed E-state index contributed by atoms with van der Waals surface area (Å²) in [5.74, 6) is -1.11. The van der Waals surface area contributed by atoms with E-state index in [-0.39, 0.29) is 11.0 Å². The van der Waals surface area contributed by atoms with Crippen molar-refractivity contribution in [1.29, 1.82) is 0 Å². The number of carbonyl (C=O) groups excluding carboxylic acids is 1. The number of halogens is 4. The Kier molecular flexibility index (Phi) is 7.39. The number of alkyl halides is 3. The minimum atomic E-state index is -1.93. The molecule has 172 valence electrons. The number of ether oxygens (including phenoxy) is 1. The minimum absolute atomic E-state index is 0.204. The molecule has 0 saturated heterocycles. The van der Waals surface area contributed by atoms with E-state index in [1.54, 1.807) is 0 Å². The van der Waals surface area contributed by atoms with Crippen molar-refractivity contribution in [3.8, 4) is 11.1 Å². The van der Waals surface area contributed by atoms with Crippen LogP contribution >= 0.6 is 11.6 Å². The number of fused-ring (bicyclic) bond motifs is 3. The van der Waals surface area contributed by atoms with Gasteiger partial charge >= 0.3 is 5.97 Å². The second-order valence-corrected chi connectivity index (χ2v) is 9.44. The van der Waals surface area contributed by atoms with Crippen molar-refractivity contribution in [2.45, 2.75) is 20.3 Å². The molecule has 6 heteroatoms. The van der Waals surface area contributed by atoms with Gasteiger partial charge in [0.1, 0.15) is 20.0 Å². The lowest BCUT2D eigenvalue weighted by Gasteiger charge is -2.23. The van der Waals surface area contributed by atoms with Crippen LogP contribution in [-0.4, -0.2) is 33.1 Å². The molecule has 0 bridgehead atoms. The number of hydrogen-bond donors (Lipinski definition) is 0. The monoisotopic (exact) mass is 464 g/mol. The van der Waals surface area contributed by atoms with Gasteiger partial charge < -0.3 is 4.74 Å². The van der Waals surface area contributed by atoms with Gasteiger partial charge in [-0.2, -0.15) is 0 Å². The molecule has 1 fully saturated rings. The maximum atomic E-state index is 12.9. The average molecular weight is 465 g/mol. The molecule has 2 nitrogen and oxygen atoms in total. The average Bonchev–Trinajstić information content (AvgIpc) is 3.16. The van der Waals surface area contributed by atoms with Crippen molar-refractivity contribution in [3.05, 3.63) is 70.8 Å². The lowest BCUT2D eigenvalue weighted by molar-refractivity contribution is -0.143. The lowest BCUT2D eigenvalue weighted by Crippen LogP contribution is -2.29. The van der Waals surface area contributed by atoms with Crippen LogP contribution < -0.4 is 0 Å². The number of allylic oxidation sites excluding steroid dienone is 2. The van der Waals surface area contributed by atoms with Crippen LogP contribution in [0.5, 0.6) is 0 Å². The second kappa shape index (κ2) is 9.70. The van der Waals surface area contributed by atoms with Crippen molar-refractivity contribution < 1.29 is 22.7 Å². The molecular formula is C26H28ClF3O2. The highest BCUT2D eigenvalue weighted by Gasteiger charge is 2.61. The molecule has 0 unspecified atom stereocenters. The molecule has 0 radical (unpaired) electrons. The lowest BCUT2D eigenvalue weighted by atomic mass is 9.91. The minimum Gasteiger partial charge on any atom is -0.469 e. The molecule has 2 aliphatic rings. The van der Waals surface area contributed by atoms with Crippen LogP contribution in [0.4, 0.5) is 13.2 Å². The van der Waals surface area contributed by atoms with Gasteiger partial charge in [-0.1, -0.05) is 80.1 Å². The van der Waals surface area contributed by atoms with Gasteiger partial charge in [0.25, 0.3) is 0 Å². The van der Waals surface area contributed by atoms with Crippen molar-refractivity contribution >= 4 is 17.6 Å². The third-order valence-electron chi connectivity index (χ3n) is 6.67. The Morgan fingerprint density at radius 3 is 1.94 bits per heavy atom. The summed E-state index contributed by atoms with van der Waals surface area (Å²) >= 11 is 5.87. The highest BCUT2D eigenvalue weighted by Crippen LogP contribution is 2.60. The largest absolute Gasteiger partial charge is 0.469 e. The fourth-order valence-corrected chi connectivity index (χ4v) is 4.57. The molecule has 2 aromatic carbocycles. The van der Waals surface area contributed by atoms with E-state index < -0.39 is 42.7 Å². The SMILES string of the molecule is COC(=O)[C@H]1[C@@H](C=C(Cl)C(CF)(CF)CF)C1(C)C.c1ccc2c(c1)Cc1ccccc1-2. The summed E-state index contributed by atoms with van der Waals surface area (Å²) in [6.45, 7) is -0.00794. The van der Waals surface area contributed by atoms with E-state index in [1.807, 2.05) is 13.8 Å². The molecule has 0 amide bonds. The number of esters is 1. The summed E-state index contributed by atoms with van der Waals surface area (Å²) in [4.78, 5) is 11.5. The number of hydrogen-bond acceptors (Lipinski definition) is 2.